The van der Waals surface area contributed by atoms with Crippen LogP contribution in [0.1, 0.15) is 12.8 Å². The van der Waals surface area contributed by atoms with E-state index in [1.54, 1.807) is 4.90 Å². The van der Waals surface area contributed by atoms with Crippen molar-refractivity contribution in [1.29, 1.82) is 0 Å². The lowest BCUT2D eigenvalue weighted by Gasteiger charge is -2.40. The zero-order chi connectivity index (χ0) is 15.1. The van der Waals surface area contributed by atoms with Crippen molar-refractivity contribution in [2.75, 3.05) is 31.1 Å². The molecule has 6 heteroatoms. The van der Waals surface area contributed by atoms with E-state index in [1.807, 2.05) is 24.3 Å². The van der Waals surface area contributed by atoms with Crippen molar-refractivity contribution in [2.24, 2.45) is 5.92 Å². The molecule has 2 fully saturated rings. The maximum Gasteiger partial charge on any atom is 0.298 e. The number of para-hydroxylation sites is 2. The summed E-state index contributed by atoms with van der Waals surface area (Å²) >= 11 is 0. The number of rotatable bonds is 2. The van der Waals surface area contributed by atoms with Crippen molar-refractivity contribution >= 4 is 23.0 Å². The van der Waals surface area contributed by atoms with Gasteiger partial charge in [0.25, 0.3) is 6.01 Å². The van der Waals surface area contributed by atoms with E-state index in [4.69, 9.17) is 4.42 Å². The molecule has 0 spiro atoms. The van der Waals surface area contributed by atoms with Gasteiger partial charge >= 0.3 is 0 Å². The molecule has 0 radical (unpaired) electrons. The standard InChI is InChI=1S/C16H19N3O3/c20-12-9-19(10-12)15(21)11-5-7-18(8-6-11)16-17-13-3-1-2-4-14(13)22-16/h1-4,11-12,20H,5-10H2. The third kappa shape index (κ3) is 2.33. The average molecular weight is 301 g/mol. The monoisotopic (exact) mass is 301 g/mol. The Morgan fingerprint density at radius 2 is 1.95 bits per heavy atom. The van der Waals surface area contributed by atoms with Crippen molar-refractivity contribution in [1.82, 2.24) is 9.88 Å². The number of nitrogens with zero attached hydrogens (tertiary/aromatic N) is 3. The van der Waals surface area contributed by atoms with E-state index < -0.39 is 0 Å². The van der Waals surface area contributed by atoms with Crippen LogP contribution >= 0.6 is 0 Å². The molecule has 0 bridgehead atoms. The Kier molecular flexibility index (Phi) is 3.26. The molecular formula is C16H19N3O3. The SMILES string of the molecule is O=C(C1CCN(c2nc3ccccc3o2)CC1)N1CC(O)C1. The van der Waals surface area contributed by atoms with Gasteiger partial charge in [0.2, 0.25) is 5.91 Å². The molecule has 0 atom stereocenters. The number of β-amino-alcohol motifs (C(OH)–C–C–N with tert-alkyl or cyclic N) is 1. The highest BCUT2D eigenvalue weighted by atomic mass is 16.4. The molecular weight excluding hydrogens is 282 g/mol. The number of carbonyl (C=O) groups is 1. The minimum absolute atomic E-state index is 0.0631. The number of anilines is 1. The largest absolute Gasteiger partial charge is 0.423 e. The second-order valence-electron chi connectivity index (χ2n) is 6.12. The number of benzene rings is 1. The number of aliphatic hydroxyl groups is 1. The van der Waals surface area contributed by atoms with Gasteiger partial charge in [-0.05, 0) is 25.0 Å². The predicted octanol–water partition coefficient (Wildman–Crippen LogP) is 1.25. The van der Waals surface area contributed by atoms with Crippen LogP contribution in [0.25, 0.3) is 11.1 Å². The fourth-order valence-corrected chi connectivity index (χ4v) is 3.21. The van der Waals surface area contributed by atoms with Crippen LogP contribution in [0.3, 0.4) is 0 Å². The van der Waals surface area contributed by atoms with E-state index in [0.29, 0.717) is 19.1 Å². The fourth-order valence-electron chi connectivity index (χ4n) is 3.21. The van der Waals surface area contributed by atoms with Crippen LogP contribution in [0.15, 0.2) is 28.7 Å². The number of piperidine rings is 1. The highest BCUT2D eigenvalue weighted by Crippen LogP contribution is 2.27. The van der Waals surface area contributed by atoms with Gasteiger partial charge in [0.15, 0.2) is 5.58 Å². The molecule has 4 rings (SSSR count). The molecule has 2 aliphatic heterocycles. The summed E-state index contributed by atoms with van der Waals surface area (Å²) in [5.41, 5.74) is 1.66. The average Bonchev–Trinajstić information content (AvgIpc) is 2.95. The molecule has 2 aromatic rings. The van der Waals surface area contributed by atoms with Crippen LogP contribution in [-0.2, 0) is 4.79 Å². The highest BCUT2D eigenvalue weighted by molar-refractivity contribution is 5.80. The molecule has 2 aliphatic rings. The maximum absolute atomic E-state index is 12.3. The first-order valence-corrected chi connectivity index (χ1v) is 7.78. The molecule has 3 heterocycles. The summed E-state index contributed by atoms with van der Waals surface area (Å²) in [4.78, 5) is 20.6. The number of oxazole rings is 1. The Morgan fingerprint density at radius 1 is 1.23 bits per heavy atom. The summed E-state index contributed by atoms with van der Waals surface area (Å²) in [5, 5.41) is 9.30. The topological polar surface area (TPSA) is 69.8 Å². The van der Waals surface area contributed by atoms with Gasteiger partial charge in [-0.2, -0.15) is 4.98 Å². The minimum atomic E-state index is -0.330. The molecule has 0 saturated carbocycles. The van der Waals surface area contributed by atoms with E-state index in [-0.39, 0.29) is 17.9 Å². The van der Waals surface area contributed by atoms with Crippen LogP contribution in [0.5, 0.6) is 0 Å². The third-order valence-electron chi connectivity index (χ3n) is 4.57. The first-order chi connectivity index (χ1) is 10.7. The van der Waals surface area contributed by atoms with Gasteiger partial charge in [-0.15, -0.1) is 0 Å². The van der Waals surface area contributed by atoms with Gasteiger partial charge in [0.1, 0.15) is 5.52 Å². The van der Waals surface area contributed by atoms with E-state index in [0.717, 1.165) is 37.0 Å². The van der Waals surface area contributed by atoms with Gasteiger partial charge < -0.3 is 19.3 Å². The lowest BCUT2D eigenvalue weighted by atomic mass is 9.94. The fraction of sp³-hybridized carbons (Fsp3) is 0.500. The summed E-state index contributed by atoms with van der Waals surface area (Å²) in [5.74, 6) is 0.246. The van der Waals surface area contributed by atoms with Gasteiger partial charge in [-0.3, -0.25) is 4.79 Å². The van der Waals surface area contributed by atoms with Crippen LogP contribution < -0.4 is 4.90 Å². The van der Waals surface area contributed by atoms with Gasteiger partial charge in [-0.25, -0.2) is 0 Å². The van der Waals surface area contributed by atoms with Gasteiger partial charge in [0.05, 0.1) is 6.10 Å². The number of hydrogen-bond donors (Lipinski definition) is 1. The molecule has 0 unspecified atom stereocenters. The third-order valence-corrected chi connectivity index (χ3v) is 4.57. The zero-order valence-electron chi connectivity index (χ0n) is 12.3. The van der Waals surface area contributed by atoms with Crippen LogP contribution in [-0.4, -0.2) is 53.2 Å². The van der Waals surface area contributed by atoms with E-state index in [2.05, 4.69) is 9.88 Å². The molecule has 116 valence electrons. The number of carbonyl (C=O) groups excluding carboxylic acids is 1. The molecule has 1 N–H and O–H groups in total. The summed E-state index contributed by atoms with van der Waals surface area (Å²) < 4.78 is 5.78. The summed E-state index contributed by atoms with van der Waals surface area (Å²) in [6, 6.07) is 8.38. The molecule has 1 amide bonds. The number of aliphatic hydroxyl groups excluding tert-OH is 1. The van der Waals surface area contributed by atoms with Crippen molar-refractivity contribution in [3.63, 3.8) is 0 Å². The molecule has 2 saturated heterocycles. The lowest BCUT2D eigenvalue weighted by molar-refractivity contribution is -0.146. The van der Waals surface area contributed by atoms with Gasteiger partial charge in [0, 0.05) is 32.1 Å². The van der Waals surface area contributed by atoms with Crippen molar-refractivity contribution in [3.8, 4) is 0 Å². The number of hydrogen-bond acceptors (Lipinski definition) is 5. The number of fused-ring (bicyclic) bond motifs is 1. The molecule has 1 aromatic carbocycles. The Labute approximate surface area is 128 Å². The number of likely N-dealkylation sites (tertiary alicyclic amines) is 1. The minimum Gasteiger partial charge on any atom is -0.423 e. The Hall–Kier alpha value is -2.08. The van der Waals surface area contributed by atoms with Gasteiger partial charge in [-0.1, -0.05) is 12.1 Å². The Bertz CT molecular complexity index is 652. The zero-order valence-corrected chi connectivity index (χ0v) is 12.3. The van der Waals surface area contributed by atoms with Crippen LogP contribution in [0.4, 0.5) is 6.01 Å². The molecule has 1 aromatic heterocycles. The summed E-state index contributed by atoms with van der Waals surface area (Å²) in [6.07, 6.45) is 1.29. The lowest BCUT2D eigenvalue weighted by Crippen LogP contribution is -2.56. The smallest absolute Gasteiger partial charge is 0.298 e. The quantitative estimate of drug-likeness (QED) is 0.904. The predicted molar refractivity (Wildman–Crippen MR) is 81.5 cm³/mol. The molecule has 0 aliphatic carbocycles. The van der Waals surface area contributed by atoms with Crippen LogP contribution in [0.2, 0.25) is 0 Å². The van der Waals surface area contributed by atoms with E-state index in [9.17, 15) is 9.90 Å². The molecule has 22 heavy (non-hydrogen) atoms. The van der Waals surface area contributed by atoms with Crippen molar-refractivity contribution < 1.29 is 14.3 Å². The number of amides is 1. The second-order valence-corrected chi connectivity index (χ2v) is 6.12. The first-order valence-electron chi connectivity index (χ1n) is 7.78. The Morgan fingerprint density at radius 3 is 2.64 bits per heavy atom. The Balaban J connectivity index is 1.40. The van der Waals surface area contributed by atoms with E-state index in [1.165, 1.54) is 0 Å². The van der Waals surface area contributed by atoms with E-state index >= 15 is 0 Å². The number of aromatic nitrogens is 1. The first kappa shape index (κ1) is 13.6. The summed E-state index contributed by atoms with van der Waals surface area (Å²) in [7, 11) is 0. The normalized spacial score (nSPS) is 20.4. The molecule has 6 nitrogen and oxygen atoms in total. The maximum atomic E-state index is 12.3. The second kappa shape index (κ2) is 5.28. The van der Waals surface area contributed by atoms with Crippen molar-refractivity contribution in [2.45, 2.75) is 18.9 Å². The van der Waals surface area contributed by atoms with Crippen molar-refractivity contribution in [3.05, 3.63) is 24.3 Å². The highest BCUT2D eigenvalue weighted by Gasteiger charge is 2.35. The summed E-state index contributed by atoms with van der Waals surface area (Å²) in [6.45, 7) is 2.54. The van der Waals surface area contributed by atoms with Crippen LogP contribution in [0, 0.1) is 5.92 Å².